The molecule has 2 saturated heterocycles. The molecule has 142 valence electrons. The van der Waals surface area contributed by atoms with Crippen LogP contribution in [0.4, 0.5) is 9.59 Å². The van der Waals surface area contributed by atoms with Gasteiger partial charge in [-0.25, -0.2) is 9.59 Å². The second-order valence-electron chi connectivity index (χ2n) is 7.36. The zero-order valence-electron chi connectivity index (χ0n) is 15.9. The molecule has 0 aliphatic carbocycles. The van der Waals surface area contributed by atoms with Crippen LogP contribution in [0, 0.1) is 0 Å². The highest BCUT2D eigenvalue weighted by molar-refractivity contribution is 5.77. The molecule has 1 aromatic rings. The Morgan fingerprint density at radius 3 is 2.50 bits per heavy atom. The predicted octanol–water partition coefficient (Wildman–Crippen LogP) is 2.90. The smallest absolute Gasteiger partial charge is 0.320 e. The van der Waals surface area contributed by atoms with Gasteiger partial charge in [0.15, 0.2) is 0 Å². The van der Waals surface area contributed by atoms with Crippen LogP contribution in [0.3, 0.4) is 0 Å². The Labute approximate surface area is 156 Å². The first-order valence-corrected chi connectivity index (χ1v) is 9.73. The molecule has 0 bridgehead atoms. The lowest BCUT2D eigenvalue weighted by Gasteiger charge is -2.36. The van der Waals surface area contributed by atoms with Gasteiger partial charge in [-0.15, -0.1) is 0 Å². The molecule has 0 spiro atoms. The fourth-order valence-corrected chi connectivity index (χ4v) is 3.68. The van der Waals surface area contributed by atoms with Gasteiger partial charge >= 0.3 is 12.1 Å². The molecule has 0 radical (unpaired) electrons. The molecule has 1 unspecified atom stereocenters. The minimum atomic E-state index is 0.0243. The molecule has 1 aromatic carbocycles. The third-order valence-corrected chi connectivity index (χ3v) is 5.52. The Bertz CT molecular complexity index is 613. The van der Waals surface area contributed by atoms with Crippen molar-refractivity contribution in [3.05, 3.63) is 35.9 Å². The zero-order valence-corrected chi connectivity index (χ0v) is 15.9. The molecule has 26 heavy (non-hydrogen) atoms. The third kappa shape index (κ3) is 4.29. The van der Waals surface area contributed by atoms with Gasteiger partial charge in [-0.05, 0) is 31.7 Å². The molecular formula is C20H30N4O2. The van der Waals surface area contributed by atoms with Crippen molar-refractivity contribution in [2.75, 3.05) is 26.2 Å². The van der Waals surface area contributed by atoms with E-state index in [4.69, 9.17) is 0 Å². The van der Waals surface area contributed by atoms with Gasteiger partial charge in [-0.2, -0.15) is 0 Å². The number of rotatable bonds is 5. The lowest BCUT2D eigenvalue weighted by Crippen LogP contribution is -2.51. The molecule has 0 aromatic heterocycles. The topological polar surface area (TPSA) is 55.9 Å². The van der Waals surface area contributed by atoms with Crippen molar-refractivity contribution < 1.29 is 9.59 Å². The lowest BCUT2D eigenvalue weighted by atomic mass is 10.0. The number of nitrogens with one attached hydrogen (secondary N) is 1. The quantitative estimate of drug-likeness (QED) is 0.880. The van der Waals surface area contributed by atoms with E-state index in [1.54, 1.807) is 0 Å². The molecule has 2 aliphatic rings. The zero-order chi connectivity index (χ0) is 18.5. The van der Waals surface area contributed by atoms with Crippen molar-refractivity contribution >= 4 is 12.1 Å². The number of amides is 4. The number of piperidine rings is 1. The van der Waals surface area contributed by atoms with Crippen molar-refractivity contribution in [2.45, 2.75) is 51.7 Å². The van der Waals surface area contributed by atoms with E-state index in [0.29, 0.717) is 6.54 Å². The van der Waals surface area contributed by atoms with Crippen LogP contribution in [0.2, 0.25) is 0 Å². The van der Waals surface area contributed by atoms with Gasteiger partial charge in [0.25, 0.3) is 0 Å². The van der Waals surface area contributed by atoms with Crippen LogP contribution in [-0.4, -0.2) is 65.0 Å². The first-order valence-electron chi connectivity index (χ1n) is 9.73. The normalized spacial score (nSPS) is 19.8. The average Bonchev–Trinajstić information content (AvgIpc) is 3.03. The van der Waals surface area contributed by atoms with Crippen LogP contribution >= 0.6 is 0 Å². The molecule has 2 heterocycles. The number of carbonyl (C=O) groups is 2. The summed E-state index contributed by atoms with van der Waals surface area (Å²) >= 11 is 0. The van der Waals surface area contributed by atoms with Crippen molar-refractivity contribution in [1.82, 2.24) is 20.0 Å². The van der Waals surface area contributed by atoms with Gasteiger partial charge in [-0.3, -0.25) is 0 Å². The number of carbonyl (C=O) groups excluding carboxylic acids is 2. The molecule has 1 atom stereocenters. The summed E-state index contributed by atoms with van der Waals surface area (Å²) in [7, 11) is 0. The van der Waals surface area contributed by atoms with Crippen LogP contribution in [0.25, 0.3) is 0 Å². The van der Waals surface area contributed by atoms with Gasteiger partial charge in [-0.1, -0.05) is 37.3 Å². The van der Waals surface area contributed by atoms with Gasteiger partial charge in [0.2, 0.25) is 0 Å². The van der Waals surface area contributed by atoms with E-state index in [2.05, 4.69) is 24.4 Å². The summed E-state index contributed by atoms with van der Waals surface area (Å²) in [5.74, 6) is 0. The Balaban J connectivity index is 1.49. The maximum atomic E-state index is 12.8. The van der Waals surface area contributed by atoms with Crippen molar-refractivity contribution in [3.8, 4) is 0 Å². The van der Waals surface area contributed by atoms with Crippen molar-refractivity contribution in [1.29, 1.82) is 0 Å². The second-order valence-corrected chi connectivity index (χ2v) is 7.36. The molecular weight excluding hydrogens is 328 g/mol. The van der Waals surface area contributed by atoms with Crippen molar-refractivity contribution in [3.63, 3.8) is 0 Å². The van der Waals surface area contributed by atoms with E-state index in [1.807, 2.05) is 39.8 Å². The molecule has 0 saturated carbocycles. The van der Waals surface area contributed by atoms with Crippen LogP contribution in [0.5, 0.6) is 0 Å². The Morgan fingerprint density at radius 1 is 1.15 bits per heavy atom. The highest BCUT2D eigenvalue weighted by atomic mass is 16.2. The molecule has 6 heteroatoms. The number of hydrogen-bond donors (Lipinski definition) is 1. The van der Waals surface area contributed by atoms with Crippen LogP contribution < -0.4 is 5.32 Å². The average molecular weight is 358 g/mol. The highest BCUT2D eigenvalue weighted by Gasteiger charge is 2.35. The van der Waals surface area contributed by atoms with E-state index in [-0.39, 0.29) is 24.1 Å². The predicted molar refractivity (Wildman–Crippen MR) is 102 cm³/mol. The number of urea groups is 2. The summed E-state index contributed by atoms with van der Waals surface area (Å²) in [6.45, 7) is 7.77. The monoisotopic (exact) mass is 358 g/mol. The van der Waals surface area contributed by atoms with E-state index < -0.39 is 0 Å². The molecule has 3 rings (SSSR count). The molecule has 2 aliphatic heterocycles. The molecule has 1 N–H and O–H groups in total. The lowest BCUT2D eigenvalue weighted by molar-refractivity contribution is 0.133. The maximum Gasteiger partial charge on any atom is 0.320 e. The van der Waals surface area contributed by atoms with Gasteiger partial charge in [0.1, 0.15) is 0 Å². The van der Waals surface area contributed by atoms with Crippen LogP contribution in [0.1, 0.15) is 38.7 Å². The summed E-state index contributed by atoms with van der Waals surface area (Å²) in [5, 5.41) is 3.02. The van der Waals surface area contributed by atoms with E-state index in [9.17, 15) is 9.59 Å². The Hall–Kier alpha value is -2.24. The highest BCUT2D eigenvalue weighted by Crippen LogP contribution is 2.22. The summed E-state index contributed by atoms with van der Waals surface area (Å²) in [6, 6.07) is 10.7. The SMILES string of the molecule is CCC(C)NC(=O)N1CCC(N2CCN(Cc3ccccc3)C2=O)CC1. The standard InChI is InChI=1S/C20H30N4O2/c1-3-16(2)21-19(25)22-11-9-18(10-12-22)24-14-13-23(20(24)26)15-17-7-5-4-6-8-17/h4-8,16,18H,3,9-15H2,1-2H3,(H,21,25). The Morgan fingerprint density at radius 2 is 1.85 bits per heavy atom. The number of hydrogen-bond acceptors (Lipinski definition) is 2. The molecule has 4 amide bonds. The van der Waals surface area contributed by atoms with Crippen molar-refractivity contribution in [2.24, 2.45) is 0 Å². The number of nitrogens with zero attached hydrogens (tertiary/aromatic N) is 3. The van der Waals surface area contributed by atoms with Gasteiger partial charge in [0, 0.05) is 44.8 Å². The largest absolute Gasteiger partial charge is 0.336 e. The summed E-state index contributed by atoms with van der Waals surface area (Å²) in [6.07, 6.45) is 2.65. The minimum absolute atomic E-state index is 0.0243. The first kappa shape index (κ1) is 18.5. The van der Waals surface area contributed by atoms with E-state index >= 15 is 0 Å². The van der Waals surface area contributed by atoms with Gasteiger partial charge < -0.3 is 20.0 Å². The number of benzene rings is 1. The fraction of sp³-hybridized carbons (Fsp3) is 0.600. The van der Waals surface area contributed by atoms with Crippen LogP contribution in [0.15, 0.2) is 30.3 Å². The second kappa shape index (κ2) is 8.43. The first-order chi connectivity index (χ1) is 12.6. The Kier molecular flexibility index (Phi) is 6.01. The van der Waals surface area contributed by atoms with E-state index in [1.165, 1.54) is 5.56 Å². The van der Waals surface area contributed by atoms with Crippen LogP contribution in [-0.2, 0) is 6.54 Å². The maximum absolute atomic E-state index is 12.8. The summed E-state index contributed by atoms with van der Waals surface area (Å²) in [5.41, 5.74) is 1.17. The van der Waals surface area contributed by atoms with Gasteiger partial charge in [0.05, 0.1) is 0 Å². The fourth-order valence-electron chi connectivity index (χ4n) is 3.68. The minimum Gasteiger partial charge on any atom is -0.336 e. The third-order valence-electron chi connectivity index (χ3n) is 5.52. The molecule has 2 fully saturated rings. The number of likely N-dealkylation sites (tertiary alicyclic amines) is 1. The summed E-state index contributed by atoms with van der Waals surface area (Å²) in [4.78, 5) is 30.8. The summed E-state index contributed by atoms with van der Waals surface area (Å²) < 4.78 is 0. The molecule has 6 nitrogen and oxygen atoms in total. The van der Waals surface area contributed by atoms with E-state index in [0.717, 1.165) is 45.4 Å².